The highest BCUT2D eigenvalue weighted by atomic mass is 32.1. The molecule has 4 heteroatoms. The predicted molar refractivity (Wildman–Crippen MR) is 46.7 cm³/mol. The van der Waals surface area contributed by atoms with Crippen molar-refractivity contribution in [2.24, 2.45) is 0 Å². The minimum Gasteiger partial charge on any atom is -0.286 e. The summed E-state index contributed by atoms with van der Waals surface area (Å²) in [4.78, 5) is 12.4. The summed E-state index contributed by atoms with van der Waals surface area (Å²) >= 11 is 1.17. The van der Waals surface area contributed by atoms with Crippen molar-refractivity contribution in [2.75, 3.05) is 0 Å². The monoisotopic (exact) mass is 202 g/mol. The SMILES string of the molecule is Cc1cc2c(s1)C(=O)C(F)(F)CC2. The third kappa shape index (κ3) is 1.29. The van der Waals surface area contributed by atoms with Gasteiger partial charge in [0.05, 0.1) is 4.88 Å². The maximum atomic E-state index is 12.9. The fourth-order valence-electron chi connectivity index (χ4n) is 1.52. The number of aryl methyl sites for hydroxylation is 2. The van der Waals surface area contributed by atoms with Gasteiger partial charge in [-0.15, -0.1) is 11.3 Å². The molecule has 0 saturated carbocycles. The second-order valence-electron chi connectivity index (χ2n) is 3.24. The Kier molecular flexibility index (Phi) is 1.77. The molecular weight excluding hydrogens is 194 g/mol. The molecule has 0 amide bonds. The predicted octanol–water partition coefficient (Wildman–Crippen LogP) is 2.82. The topological polar surface area (TPSA) is 17.1 Å². The molecule has 0 fully saturated rings. The van der Waals surface area contributed by atoms with Gasteiger partial charge in [-0.25, -0.2) is 0 Å². The highest BCUT2D eigenvalue weighted by molar-refractivity contribution is 7.14. The quantitative estimate of drug-likeness (QED) is 0.632. The Hall–Kier alpha value is -0.770. The van der Waals surface area contributed by atoms with Crippen molar-refractivity contribution in [1.82, 2.24) is 0 Å². The van der Waals surface area contributed by atoms with Crippen LogP contribution in [-0.4, -0.2) is 11.7 Å². The van der Waals surface area contributed by atoms with Crippen LogP contribution in [0.2, 0.25) is 0 Å². The molecule has 0 radical (unpaired) electrons. The molecule has 70 valence electrons. The van der Waals surface area contributed by atoms with Gasteiger partial charge in [0.15, 0.2) is 0 Å². The van der Waals surface area contributed by atoms with Gasteiger partial charge >= 0.3 is 5.92 Å². The zero-order valence-corrected chi connectivity index (χ0v) is 7.88. The standard InChI is InChI=1S/C9H8F2OS/c1-5-4-6-2-3-9(10,11)8(12)7(6)13-5/h4H,2-3H2,1H3. The maximum Gasteiger partial charge on any atom is 0.310 e. The van der Waals surface area contributed by atoms with Gasteiger partial charge in [-0.2, -0.15) is 8.78 Å². The Morgan fingerprint density at radius 1 is 1.54 bits per heavy atom. The van der Waals surface area contributed by atoms with Crippen LogP contribution in [0.15, 0.2) is 6.07 Å². The first-order valence-electron chi connectivity index (χ1n) is 4.02. The van der Waals surface area contributed by atoms with E-state index in [1.165, 1.54) is 11.3 Å². The molecular formula is C9H8F2OS. The van der Waals surface area contributed by atoms with E-state index in [0.717, 1.165) is 10.4 Å². The maximum absolute atomic E-state index is 12.9. The lowest BCUT2D eigenvalue weighted by Gasteiger charge is -2.19. The van der Waals surface area contributed by atoms with Crippen molar-refractivity contribution in [2.45, 2.75) is 25.7 Å². The number of thiophene rings is 1. The first-order valence-corrected chi connectivity index (χ1v) is 4.84. The molecule has 0 atom stereocenters. The second kappa shape index (κ2) is 2.61. The number of fused-ring (bicyclic) bond motifs is 1. The van der Waals surface area contributed by atoms with Gasteiger partial charge in [0, 0.05) is 11.3 Å². The van der Waals surface area contributed by atoms with E-state index in [1.54, 1.807) is 0 Å². The highest BCUT2D eigenvalue weighted by Gasteiger charge is 2.44. The van der Waals surface area contributed by atoms with Crippen molar-refractivity contribution in [3.63, 3.8) is 0 Å². The van der Waals surface area contributed by atoms with Gasteiger partial charge in [-0.3, -0.25) is 4.79 Å². The van der Waals surface area contributed by atoms with Gasteiger partial charge in [-0.1, -0.05) is 0 Å². The Balaban J connectivity index is 2.51. The molecule has 0 N–H and O–H groups in total. The second-order valence-corrected chi connectivity index (χ2v) is 4.50. The lowest BCUT2D eigenvalue weighted by molar-refractivity contribution is 0.00261. The van der Waals surface area contributed by atoms with E-state index < -0.39 is 11.7 Å². The van der Waals surface area contributed by atoms with Crippen molar-refractivity contribution in [1.29, 1.82) is 0 Å². The third-order valence-corrected chi connectivity index (χ3v) is 3.27. The summed E-state index contributed by atoms with van der Waals surface area (Å²) in [7, 11) is 0. The third-order valence-electron chi connectivity index (χ3n) is 2.18. The number of ketones is 1. The average Bonchev–Trinajstić information content (AvgIpc) is 2.40. The normalized spacial score (nSPS) is 20.1. The summed E-state index contributed by atoms with van der Waals surface area (Å²) in [5, 5.41) is 0. The molecule has 0 unspecified atom stereocenters. The first-order chi connectivity index (χ1) is 6.00. The lowest BCUT2D eigenvalue weighted by atomic mass is 9.95. The van der Waals surface area contributed by atoms with Crippen LogP contribution < -0.4 is 0 Å². The van der Waals surface area contributed by atoms with E-state index in [9.17, 15) is 13.6 Å². The average molecular weight is 202 g/mol. The van der Waals surface area contributed by atoms with E-state index in [1.807, 2.05) is 13.0 Å². The largest absolute Gasteiger partial charge is 0.310 e. The minimum atomic E-state index is -3.13. The molecule has 1 heterocycles. The molecule has 0 saturated heterocycles. The number of hydrogen-bond donors (Lipinski definition) is 0. The van der Waals surface area contributed by atoms with Gasteiger partial charge < -0.3 is 0 Å². The summed E-state index contributed by atoms with van der Waals surface area (Å²) in [6.07, 6.45) is -0.0204. The van der Waals surface area contributed by atoms with Gasteiger partial charge in [0.2, 0.25) is 5.78 Å². The smallest absolute Gasteiger partial charge is 0.286 e. The highest BCUT2D eigenvalue weighted by Crippen LogP contribution is 2.36. The van der Waals surface area contributed by atoms with Gasteiger partial charge in [0.25, 0.3) is 0 Å². The van der Waals surface area contributed by atoms with Gasteiger partial charge in [0.1, 0.15) is 0 Å². The molecule has 1 aliphatic carbocycles. The van der Waals surface area contributed by atoms with E-state index in [2.05, 4.69) is 0 Å². The molecule has 13 heavy (non-hydrogen) atoms. The summed E-state index contributed by atoms with van der Waals surface area (Å²) in [5.74, 6) is -4.13. The summed E-state index contributed by atoms with van der Waals surface area (Å²) in [6.45, 7) is 1.83. The summed E-state index contributed by atoms with van der Waals surface area (Å²) < 4.78 is 25.9. The van der Waals surface area contributed by atoms with Crippen LogP contribution in [0.4, 0.5) is 8.78 Å². The number of carbonyl (C=O) groups is 1. The molecule has 1 aliphatic rings. The zero-order valence-electron chi connectivity index (χ0n) is 7.06. The first kappa shape index (κ1) is 8.81. The number of carbonyl (C=O) groups excluding carboxylic acids is 1. The molecule has 1 nitrogen and oxygen atoms in total. The fourth-order valence-corrected chi connectivity index (χ4v) is 2.57. The van der Waals surface area contributed by atoms with Crippen molar-refractivity contribution in [3.05, 3.63) is 21.4 Å². The Morgan fingerprint density at radius 2 is 2.23 bits per heavy atom. The minimum absolute atomic E-state index is 0.258. The molecule has 1 aromatic rings. The molecule has 0 aromatic carbocycles. The van der Waals surface area contributed by atoms with E-state index in [4.69, 9.17) is 0 Å². The Bertz CT molecular complexity index is 368. The van der Waals surface area contributed by atoms with Crippen molar-refractivity contribution in [3.8, 4) is 0 Å². The Labute approximate surface area is 78.4 Å². The van der Waals surface area contributed by atoms with E-state index in [-0.39, 0.29) is 11.3 Å². The van der Waals surface area contributed by atoms with Crippen molar-refractivity contribution >= 4 is 17.1 Å². The van der Waals surface area contributed by atoms with Crippen LogP contribution in [0.3, 0.4) is 0 Å². The summed E-state index contributed by atoms with van der Waals surface area (Å²) in [6, 6.07) is 1.83. The lowest BCUT2D eigenvalue weighted by Crippen LogP contribution is -2.32. The molecule has 0 spiro atoms. The number of Topliss-reactive ketones (excluding diaryl/α,β-unsaturated/α-hetero) is 1. The van der Waals surface area contributed by atoms with Crippen LogP contribution >= 0.6 is 11.3 Å². The zero-order chi connectivity index (χ0) is 9.64. The van der Waals surface area contributed by atoms with Crippen LogP contribution in [0.25, 0.3) is 0 Å². The van der Waals surface area contributed by atoms with E-state index in [0.29, 0.717) is 6.42 Å². The van der Waals surface area contributed by atoms with Crippen molar-refractivity contribution < 1.29 is 13.6 Å². The number of rotatable bonds is 0. The Morgan fingerprint density at radius 3 is 2.92 bits per heavy atom. The van der Waals surface area contributed by atoms with Crippen LogP contribution in [-0.2, 0) is 6.42 Å². The van der Waals surface area contributed by atoms with E-state index >= 15 is 0 Å². The molecule has 2 rings (SSSR count). The van der Waals surface area contributed by atoms with Crippen LogP contribution in [0.1, 0.15) is 26.5 Å². The van der Waals surface area contributed by atoms with Crippen LogP contribution in [0.5, 0.6) is 0 Å². The number of halogens is 2. The number of hydrogen-bond acceptors (Lipinski definition) is 2. The summed E-state index contributed by atoms with van der Waals surface area (Å²) in [5.41, 5.74) is 0.790. The van der Waals surface area contributed by atoms with Gasteiger partial charge in [-0.05, 0) is 25.0 Å². The molecule has 0 bridgehead atoms. The number of alkyl halides is 2. The molecule has 1 aromatic heterocycles. The molecule has 0 aliphatic heterocycles. The van der Waals surface area contributed by atoms with Crippen LogP contribution in [0, 0.1) is 6.92 Å². The fraction of sp³-hybridized carbons (Fsp3) is 0.444.